The van der Waals surface area contributed by atoms with E-state index in [2.05, 4.69) is 41.7 Å². The molecule has 0 unspecified atom stereocenters. The summed E-state index contributed by atoms with van der Waals surface area (Å²) in [6.45, 7) is 3.69. The minimum absolute atomic E-state index is 0.478. The third kappa shape index (κ3) is 2.42. The highest BCUT2D eigenvalue weighted by atomic mass is 79.9. The fraction of sp³-hybridized carbons (Fsp3) is 0.667. The normalized spacial score (nSPS) is 16.8. The number of ether oxygens (including phenoxy) is 2. The Morgan fingerprint density at radius 2 is 2.06 bits per heavy atom. The molecule has 0 saturated carbocycles. The molecule has 90 valence electrons. The zero-order valence-electron chi connectivity index (χ0n) is 8.95. The van der Waals surface area contributed by atoms with Crippen molar-refractivity contribution in [1.29, 1.82) is 0 Å². The summed E-state index contributed by atoms with van der Waals surface area (Å²) in [6, 6.07) is 0. The van der Waals surface area contributed by atoms with Crippen LogP contribution in [0.15, 0.2) is 9.21 Å². The van der Waals surface area contributed by atoms with Crippen LogP contribution in [0.5, 0.6) is 0 Å². The van der Waals surface area contributed by atoms with Gasteiger partial charge in [-0.25, -0.2) is 4.98 Å². The second kappa shape index (κ2) is 5.48. The molecule has 0 radical (unpaired) electrons. The van der Waals surface area contributed by atoms with E-state index < -0.39 is 0 Å². The molecule has 1 saturated heterocycles. The van der Waals surface area contributed by atoms with Crippen LogP contribution >= 0.6 is 31.9 Å². The van der Waals surface area contributed by atoms with Crippen LogP contribution in [-0.4, -0.2) is 43.0 Å². The molecule has 0 N–H and O–H groups in total. The summed E-state index contributed by atoms with van der Waals surface area (Å²) >= 11 is 6.90. The first-order valence-electron chi connectivity index (χ1n) is 4.97. The van der Waals surface area contributed by atoms with Crippen LogP contribution in [0.1, 0.15) is 0 Å². The van der Waals surface area contributed by atoms with Crippen LogP contribution in [0.25, 0.3) is 0 Å². The molecule has 1 aliphatic rings. The maximum absolute atomic E-state index is 5.32. The number of morpholine rings is 1. The number of rotatable bonds is 3. The maximum atomic E-state index is 5.32. The van der Waals surface area contributed by atoms with Crippen LogP contribution in [-0.2, 0) is 16.2 Å². The third-order valence-electron chi connectivity index (χ3n) is 2.40. The molecule has 0 aliphatic carbocycles. The lowest BCUT2D eigenvalue weighted by Gasteiger charge is -2.28. The Balaban J connectivity index is 2.27. The Bertz CT molecular complexity index is 364. The third-order valence-corrected chi connectivity index (χ3v) is 4.29. The smallest absolute Gasteiger partial charge is 0.209 e. The summed E-state index contributed by atoms with van der Waals surface area (Å²) in [5.74, 6) is 0.906. The summed E-state index contributed by atoms with van der Waals surface area (Å²) < 4.78 is 14.2. The van der Waals surface area contributed by atoms with Crippen LogP contribution in [0.2, 0.25) is 0 Å². The summed E-state index contributed by atoms with van der Waals surface area (Å²) in [5.41, 5.74) is 0. The molecular formula is C9H13Br2N3O2. The Kier molecular flexibility index (Phi) is 4.23. The van der Waals surface area contributed by atoms with Crippen molar-refractivity contribution in [3.63, 3.8) is 0 Å². The van der Waals surface area contributed by atoms with Gasteiger partial charge in [0.15, 0.2) is 0 Å². The number of hydrogen-bond acceptors (Lipinski definition) is 4. The van der Waals surface area contributed by atoms with Gasteiger partial charge >= 0.3 is 0 Å². The van der Waals surface area contributed by atoms with Crippen molar-refractivity contribution in [3.8, 4) is 0 Å². The van der Waals surface area contributed by atoms with Crippen molar-refractivity contribution >= 4 is 37.8 Å². The highest BCUT2D eigenvalue weighted by Gasteiger charge is 2.20. The monoisotopic (exact) mass is 353 g/mol. The molecule has 16 heavy (non-hydrogen) atoms. The van der Waals surface area contributed by atoms with E-state index in [-0.39, 0.29) is 0 Å². The van der Waals surface area contributed by atoms with Gasteiger partial charge in [0.2, 0.25) is 5.95 Å². The van der Waals surface area contributed by atoms with Gasteiger partial charge in [0.25, 0.3) is 0 Å². The minimum atomic E-state index is 0.478. The molecule has 7 heteroatoms. The Morgan fingerprint density at radius 3 is 2.69 bits per heavy atom. The molecule has 1 aliphatic heterocycles. The number of nitrogens with zero attached hydrogens (tertiary/aromatic N) is 3. The topological polar surface area (TPSA) is 39.5 Å². The molecule has 1 aromatic heterocycles. The van der Waals surface area contributed by atoms with Crippen LogP contribution in [0.3, 0.4) is 0 Å². The van der Waals surface area contributed by atoms with E-state index in [1.807, 2.05) is 4.57 Å². The molecule has 5 nitrogen and oxygen atoms in total. The van der Waals surface area contributed by atoms with Crippen molar-refractivity contribution in [3.05, 3.63) is 9.21 Å². The zero-order chi connectivity index (χ0) is 11.5. The van der Waals surface area contributed by atoms with E-state index in [1.165, 1.54) is 0 Å². The van der Waals surface area contributed by atoms with Gasteiger partial charge in [0.05, 0.1) is 13.2 Å². The maximum Gasteiger partial charge on any atom is 0.209 e. The van der Waals surface area contributed by atoms with Crippen molar-refractivity contribution < 1.29 is 9.47 Å². The van der Waals surface area contributed by atoms with Gasteiger partial charge in [-0.1, -0.05) is 0 Å². The second-order valence-electron chi connectivity index (χ2n) is 3.44. The van der Waals surface area contributed by atoms with Gasteiger partial charge in [-0.05, 0) is 31.9 Å². The molecule has 1 fully saturated rings. The molecule has 0 amide bonds. The Hall–Kier alpha value is -0.110. The molecule has 2 heterocycles. The van der Waals surface area contributed by atoms with Crippen LogP contribution in [0, 0.1) is 0 Å². The fourth-order valence-electron chi connectivity index (χ4n) is 1.64. The zero-order valence-corrected chi connectivity index (χ0v) is 12.1. The van der Waals surface area contributed by atoms with E-state index in [0.717, 1.165) is 41.5 Å². The highest BCUT2D eigenvalue weighted by Crippen LogP contribution is 2.29. The largest absolute Gasteiger partial charge is 0.378 e. The lowest BCUT2D eigenvalue weighted by Crippen LogP contribution is -2.38. The van der Waals surface area contributed by atoms with Gasteiger partial charge in [-0.2, -0.15) is 0 Å². The predicted octanol–water partition coefficient (Wildman–Crippen LogP) is 1.85. The van der Waals surface area contributed by atoms with Crippen LogP contribution in [0.4, 0.5) is 5.95 Å². The van der Waals surface area contributed by atoms with E-state index >= 15 is 0 Å². The first-order chi connectivity index (χ1) is 7.74. The number of imidazole rings is 1. The first-order valence-corrected chi connectivity index (χ1v) is 6.55. The summed E-state index contributed by atoms with van der Waals surface area (Å²) in [6.07, 6.45) is 0. The molecule has 2 rings (SSSR count). The lowest BCUT2D eigenvalue weighted by atomic mass is 10.4. The van der Waals surface area contributed by atoms with Gasteiger partial charge in [0, 0.05) is 20.2 Å². The summed E-state index contributed by atoms with van der Waals surface area (Å²) in [5, 5.41) is 0. The summed E-state index contributed by atoms with van der Waals surface area (Å²) in [7, 11) is 1.67. The Morgan fingerprint density at radius 1 is 1.38 bits per heavy atom. The number of hydrogen-bond donors (Lipinski definition) is 0. The summed E-state index contributed by atoms with van der Waals surface area (Å²) in [4.78, 5) is 6.67. The van der Waals surface area contributed by atoms with E-state index in [1.54, 1.807) is 7.11 Å². The Labute approximate surface area is 111 Å². The van der Waals surface area contributed by atoms with Crippen LogP contribution < -0.4 is 4.90 Å². The molecule has 0 spiro atoms. The van der Waals surface area contributed by atoms with Gasteiger partial charge in [-0.3, -0.25) is 4.57 Å². The quantitative estimate of drug-likeness (QED) is 0.830. The molecule has 0 bridgehead atoms. The molecular weight excluding hydrogens is 342 g/mol. The molecule has 0 aromatic carbocycles. The second-order valence-corrected chi connectivity index (χ2v) is 4.94. The van der Waals surface area contributed by atoms with Crippen molar-refractivity contribution in [1.82, 2.24) is 9.55 Å². The SMILES string of the molecule is COCn1c(N2CCOCC2)nc(Br)c1Br. The first kappa shape index (κ1) is 12.3. The molecule has 0 atom stereocenters. The minimum Gasteiger partial charge on any atom is -0.378 e. The number of halogens is 2. The average molecular weight is 355 g/mol. The van der Waals surface area contributed by atoms with Crippen molar-refractivity contribution in [2.75, 3.05) is 38.3 Å². The number of anilines is 1. The van der Waals surface area contributed by atoms with Gasteiger partial charge in [0.1, 0.15) is 15.9 Å². The van der Waals surface area contributed by atoms with E-state index in [4.69, 9.17) is 9.47 Å². The average Bonchev–Trinajstić information content (AvgIpc) is 2.59. The fourth-order valence-corrected chi connectivity index (χ4v) is 2.36. The van der Waals surface area contributed by atoms with Crippen molar-refractivity contribution in [2.45, 2.75) is 6.73 Å². The van der Waals surface area contributed by atoms with E-state index in [9.17, 15) is 0 Å². The predicted molar refractivity (Wildman–Crippen MR) is 67.7 cm³/mol. The lowest BCUT2D eigenvalue weighted by molar-refractivity contribution is 0.115. The number of methoxy groups -OCH3 is 1. The number of aromatic nitrogens is 2. The standard InChI is InChI=1S/C9H13Br2N3O2/c1-15-6-14-8(11)7(10)12-9(14)13-2-4-16-5-3-13/h2-6H2,1H3. The molecule has 1 aromatic rings. The van der Waals surface area contributed by atoms with Gasteiger partial charge in [-0.15, -0.1) is 0 Å². The van der Waals surface area contributed by atoms with Crippen molar-refractivity contribution in [2.24, 2.45) is 0 Å². The van der Waals surface area contributed by atoms with Gasteiger partial charge < -0.3 is 14.4 Å². The van der Waals surface area contributed by atoms with E-state index in [0.29, 0.717) is 6.73 Å². The highest BCUT2D eigenvalue weighted by molar-refractivity contribution is 9.13.